The first-order chi connectivity index (χ1) is 17.3. The molecule has 192 valence electrons. The molecule has 0 spiro atoms. The van der Waals surface area contributed by atoms with Crippen LogP contribution in [0.3, 0.4) is 0 Å². The fraction of sp³-hybridized carbons (Fsp3) is 0.478. The van der Waals surface area contributed by atoms with Gasteiger partial charge in [0, 0.05) is 17.0 Å². The highest BCUT2D eigenvalue weighted by Gasteiger charge is 2.30. The molecule has 0 unspecified atom stereocenters. The van der Waals surface area contributed by atoms with Crippen molar-refractivity contribution < 1.29 is 13.9 Å². The lowest BCUT2D eigenvalue weighted by Gasteiger charge is -2.29. The zero-order chi connectivity index (χ0) is 25.4. The van der Waals surface area contributed by atoms with Gasteiger partial charge in [0.15, 0.2) is 5.65 Å². The molecule has 9 nitrogen and oxygen atoms in total. The van der Waals surface area contributed by atoms with Crippen LogP contribution in [0.4, 0.5) is 22.0 Å². The van der Waals surface area contributed by atoms with Crippen molar-refractivity contribution in [1.29, 1.82) is 0 Å². The number of carbonyl (C=O) groups excluding carboxylic acids is 1. The van der Waals surface area contributed by atoms with E-state index in [-0.39, 0.29) is 23.8 Å². The number of imidazole rings is 1. The van der Waals surface area contributed by atoms with Gasteiger partial charge in [0.2, 0.25) is 24.2 Å². The van der Waals surface area contributed by atoms with Crippen molar-refractivity contribution in [1.82, 2.24) is 19.5 Å². The first-order valence-electron chi connectivity index (χ1n) is 11.8. The van der Waals surface area contributed by atoms with Crippen LogP contribution in [-0.4, -0.2) is 44.4 Å². The van der Waals surface area contributed by atoms with E-state index < -0.39 is 12.4 Å². The van der Waals surface area contributed by atoms with Crippen molar-refractivity contribution >= 4 is 69.5 Å². The number of hydrogen-bond donors (Lipinski definition) is 3. The number of anilines is 3. The van der Waals surface area contributed by atoms with Gasteiger partial charge in [-0.3, -0.25) is 9.36 Å². The number of primary amides is 1. The lowest BCUT2D eigenvalue weighted by Crippen LogP contribution is -2.37. The molecule has 2 fully saturated rings. The number of hydrogen-bond acceptors (Lipinski definition) is 7. The Bertz CT molecular complexity index is 1260. The number of nitrogens with zero attached hydrogens (tertiary/aromatic N) is 4. The molecule has 1 aliphatic heterocycles. The van der Waals surface area contributed by atoms with Gasteiger partial charge in [-0.25, -0.2) is 14.4 Å². The minimum absolute atomic E-state index is 0.0207. The first-order valence-corrected chi connectivity index (χ1v) is 12.9. The third kappa shape index (κ3) is 5.18. The number of benzene rings is 1. The van der Waals surface area contributed by atoms with E-state index in [9.17, 15) is 9.18 Å². The van der Waals surface area contributed by atoms with Crippen LogP contribution in [0.25, 0.3) is 11.2 Å². The minimum Gasteiger partial charge on any atom is -0.369 e. The Morgan fingerprint density at radius 2 is 1.83 bits per heavy atom. The number of aromatic nitrogens is 4. The van der Waals surface area contributed by atoms with Crippen molar-refractivity contribution in [2.75, 3.05) is 17.2 Å². The van der Waals surface area contributed by atoms with Gasteiger partial charge >= 0.3 is 0 Å². The van der Waals surface area contributed by atoms with Gasteiger partial charge in [0.1, 0.15) is 5.52 Å². The molecule has 2 aliphatic rings. The highest BCUT2D eigenvalue weighted by atomic mass is 35.5. The summed E-state index contributed by atoms with van der Waals surface area (Å²) in [6, 6.07) is 2.61. The van der Waals surface area contributed by atoms with Crippen LogP contribution >= 0.6 is 34.8 Å². The van der Waals surface area contributed by atoms with Gasteiger partial charge in [0.25, 0.3) is 0 Å². The predicted octanol–water partition coefficient (Wildman–Crippen LogP) is 5.63. The molecule has 0 radical (unpaired) electrons. The number of amides is 1. The Balaban J connectivity index is 1.53. The Labute approximate surface area is 221 Å². The van der Waals surface area contributed by atoms with Crippen molar-refractivity contribution in [3.8, 4) is 0 Å². The molecule has 5 rings (SSSR count). The quantitative estimate of drug-likeness (QED) is 0.360. The molecule has 2 atom stereocenters. The zero-order valence-electron chi connectivity index (χ0n) is 19.2. The lowest BCUT2D eigenvalue weighted by molar-refractivity contribution is -0.122. The maximum absolute atomic E-state index is 14.2. The van der Waals surface area contributed by atoms with E-state index in [2.05, 4.69) is 15.6 Å². The highest BCUT2D eigenvalue weighted by Crippen LogP contribution is 2.40. The molecule has 2 aromatic heterocycles. The van der Waals surface area contributed by atoms with Gasteiger partial charge in [-0.2, -0.15) is 4.98 Å². The summed E-state index contributed by atoms with van der Waals surface area (Å²) in [5.41, 5.74) is 7.09. The Hall–Kier alpha value is -2.40. The third-order valence-corrected chi connectivity index (χ3v) is 7.52. The van der Waals surface area contributed by atoms with Crippen LogP contribution < -0.4 is 16.4 Å². The van der Waals surface area contributed by atoms with E-state index in [0.717, 1.165) is 6.42 Å². The summed E-state index contributed by atoms with van der Waals surface area (Å²) in [4.78, 5) is 25.5. The molecule has 3 aromatic rings. The molecular weight excluding hydrogens is 532 g/mol. The maximum atomic E-state index is 14.2. The molecule has 1 aliphatic carbocycles. The fourth-order valence-electron chi connectivity index (χ4n) is 4.84. The number of carbonyl (C=O) groups is 1. The van der Waals surface area contributed by atoms with Gasteiger partial charge in [-0.15, -0.1) is 0 Å². The van der Waals surface area contributed by atoms with Crippen molar-refractivity contribution in [2.24, 2.45) is 11.7 Å². The zero-order valence-corrected chi connectivity index (χ0v) is 21.5. The highest BCUT2D eigenvalue weighted by molar-refractivity contribution is 6.41. The SMILES string of the molecule is NC(=O)[C@H]1CC[C@@H](n2c(Nc3c(Cl)cc(Cl)cc3Cl)nc3cnc(N[C@H]4CCCO[C@@H]4F)nc32)CC1. The monoisotopic (exact) mass is 555 g/mol. The standard InChI is InChI=1S/C23H25Cl3FN7O2/c24-12-8-14(25)18(15(26)9-12)32-23-31-17-10-29-22(30-16-2-1-7-36-19(16)27)33-21(17)34(23)13-5-3-11(4-6-13)20(28)35/h8-11,13,16,19H,1-7H2,(H2,28,35)(H,31,32)(H,29,30,33)/t11-,13+,16-,19-/m0/s1. The molecular formula is C23H25Cl3FN7O2. The lowest BCUT2D eigenvalue weighted by atomic mass is 9.85. The molecule has 1 amide bonds. The average molecular weight is 557 g/mol. The molecule has 36 heavy (non-hydrogen) atoms. The number of alkyl halides is 1. The predicted molar refractivity (Wildman–Crippen MR) is 138 cm³/mol. The van der Waals surface area contributed by atoms with Crippen molar-refractivity contribution in [3.63, 3.8) is 0 Å². The number of nitrogens with two attached hydrogens (primary N) is 1. The van der Waals surface area contributed by atoms with Gasteiger partial charge in [-0.05, 0) is 50.7 Å². The normalized spacial score (nSPS) is 24.6. The molecule has 4 N–H and O–H groups in total. The fourth-order valence-corrected chi connectivity index (χ4v) is 5.75. The second kappa shape index (κ2) is 10.5. The summed E-state index contributed by atoms with van der Waals surface area (Å²) >= 11 is 18.9. The van der Waals surface area contributed by atoms with Crippen LogP contribution in [0.5, 0.6) is 0 Å². The topological polar surface area (TPSA) is 120 Å². The maximum Gasteiger partial charge on any atom is 0.225 e. The van der Waals surface area contributed by atoms with E-state index >= 15 is 0 Å². The molecule has 1 saturated heterocycles. The minimum atomic E-state index is -1.43. The molecule has 13 heteroatoms. The first kappa shape index (κ1) is 25.3. The summed E-state index contributed by atoms with van der Waals surface area (Å²) in [5, 5.41) is 7.37. The van der Waals surface area contributed by atoms with E-state index in [1.807, 2.05) is 4.57 Å². The largest absolute Gasteiger partial charge is 0.369 e. The van der Waals surface area contributed by atoms with Crippen LogP contribution in [0, 0.1) is 5.92 Å². The van der Waals surface area contributed by atoms with Gasteiger partial charge in [-0.1, -0.05) is 34.8 Å². The average Bonchev–Trinajstić information content (AvgIpc) is 3.20. The van der Waals surface area contributed by atoms with E-state index in [1.54, 1.807) is 18.3 Å². The van der Waals surface area contributed by atoms with Crippen molar-refractivity contribution in [2.45, 2.75) is 57.0 Å². The number of rotatable bonds is 6. The van der Waals surface area contributed by atoms with Gasteiger partial charge < -0.3 is 21.1 Å². The van der Waals surface area contributed by atoms with Crippen molar-refractivity contribution in [3.05, 3.63) is 33.4 Å². The number of fused-ring (bicyclic) bond motifs is 1. The Morgan fingerprint density at radius 1 is 1.11 bits per heavy atom. The Kier molecular flexibility index (Phi) is 7.39. The molecule has 1 saturated carbocycles. The molecule has 0 bridgehead atoms. The second-order valence-corrected chi connectivity index (χ2v) is 10.4. The number of nitrogens with one attached hydrogen (secondary N) is 2. The summed E-state index contributed by atoms with van der Waals surface area (Å²) in [5.74, 6) is 0.301. The molecule has 3 heterocycles. The van der Waals surface area contributed by atoms with Crippen LogP contribution in [0.2, 0.25) is 15.1 Å². The summed E-state index contributed by atoms with van der Waals surface area (Å²) < 4.78 is 21.3. The van der Waals surface area contributed by atoms with Crippen LogP contribution in [0.15, 0.2) is 18.3 Å². The van der Waals surface area contributed by atoms with E-state index in [0.29, 0.717) is 76.6 Å². The Morgan fingerprint density at radius 3 is 2.50 bits per heavy atom. The number of halogens is 4. The van der Waals surface area contributed by atoms with E-state index in [4.69, 9.17) is 55.2 Å². The van der Waals surface area contributed by atoms with Crippen LogP contribution in [-0.2, 0) is 9.53 Å². The smallest absolute Gasteiger partial charge is 0.225 e. The van der Waals surface area contributed by atoms with Gasteiger partial charge in [0.05, 0.1) is 34.6 Å². The van der Waals surface area contributed by atoms with Crippen LogP contribution in [0.1, 0.15) is 44.6 Å². The second-order valence-electron chi connectivity index (χ2n) is 9.10. The molecule has 1 aromatic carbocycles. The summed E-state index contributed by atoms with van der Waals surface area (Å²) in [6.45, 7) is 0.394. The van der Waals surface area contributed by atoms with E-state index in [1.165, 1.54) is 0 Å². The summed E-state index contributed by atoms with van der Waals surface area (Å²) in [7, 11) is 0. The third-order valence-electron chi connectivity index (χ3n) is 6.71. The number of ether oxygens (including phenoxy) is 1. The summed E-state index contributed by atoms with van der Waals surface area (Å²) in [6.07, 6.45) is 4.22.